The van der Waals surface area contributed by atoms with Crippen molar-refractivity contribution in [1.29, 1.82) is 0 Å². The number of benzene rings is 1. The molecule has 0 heterocycles. The minimum Gasteiger partial charge on any atom is -0.480 e. The molecule has 0 bridgehead atoms. The third-order valence-corrected chi connectivity index (χ3v) is 2.68. The van der Waals surface area contributed by atoms with Gasteiger partial charge < -0.3 is 10.4 Å². The third kappa shape index (κ3) is 2.97. The number of anilines is 1. The summed E-state index contributed by atoms with van der Waals surface area (Å²) in [6.45, 7) is 5.19. The molecule has 0 saturated carbocycles. The number of hydrogen-bond acceptors (Lipinski definition) is 4. The molecule has 18 heavy (non-hydrogen) atoms. The number of carboxylic acid groups (broad SMARTS) is 1. The van der Waals surface area contributed by atoms with E-state index in [1.807, 2.05) is 0 Å². The molecule has 0 aliphatic heterocycles. The van der Waals surface area contributed by atoms with Gasteiger partial charge in [0.15, 0.2) is 0 Å². The van der Waals surface area contributed by atoms with E-state index >= 15 is 0 Å². The Balaban J connectivity index is 3.16. The van der Waals surface area contributed by atoms with E-state index in [0.29, 0.717) is 5.56 Å². The summed E-state index contributed by atoms with van der Waals surface area (Å²) in [5, 5.41) is 22.8. The summed E-state index contributed by atoms with van der Waals surface area (Å²) in [5.41, 5.74) is 0.807. The fraction of sp³-hybridized carbons (Fsp3) is 0.417. The lowest BCUT2D eigenvalue weighted by atomic mass is 10.0. The summed E-state index contributed by atoms with van der Waals surface area (Å²) in [5.74, 6) is -1.20. The second-order valence-electron chi connectivity index (χ2n) is 4.43. The minimum absolute atomic E-state index is 0.109. The van der Waals surface area contributed by atoms with Crippen LogP contribution < -0.4 is 5.32 Å². The number of nitro benzene ring substituents is 1. The van der Waals surface area contributed by atoms with Crippen molar-refractivity contribution in [2.75, 3.05) is 5.32 Å². The fourth-order valence-electron chi connectivity index (χ4n) is 1.66. The fourth-order valence-corrected chi connectivity index (χ4v) is 1.66. The number of para-hydroxylation sites is 1. The van der Waals surface area contributed by atoms with Crippen LogP contribution >= 0.6 is 0 Å². The Bertz CT molecular complexity index is 471. The summed E-state index contributed by atoms with van der Waals surface area (Å²) >= 11 is 0. The molecule has 1 atom stereocenters. The molecule has 0 aliphatic rings. The molecule has 2 N–H and O–H groups in total. The van der Waals surface area contributed by atoms with Gasteiger partial charge in [-0.3, -0.25) is 10.1 Å². The van der Waals surface area contributed by atoms with Crippen molar-refractivity contribution in [3.05, 3.63) is 33.9 Å². The lowest BCUT2D eigenvalue weighted by Gasteiger charge is -2.20. The first-order chi connectivity index (χ1) is 8.34. The Kier molecular flexibility index (Phi) is 4.25. The van der Waals surface area contributed by atoms with Gasteiger partial charge >= 0.3 is 5.97 Å². The van der Waals surface area contributed by atoms with Crippen molar-refractivity contribution >= 4 is 17.3 Å². The third-order valence-electron chi connectivity index (χ3n) is 2.68. The number of nitrogens with zero attached hydrogens (tertiary/aromatic N) is 1. The van der Waals surface area contributed by atoms with E-state index in [0.717, 1.165) is 0 Å². The number of carbonyl (C=O) groups is 1. The monoisotopic (exact) mass is 252 g/mol. The van der Waals surface area contributed by atoms with Crippen LogP contribution in [0.1, 0.15) is 19.4 Å². The molecule has 98 valence electrons. The van der Waals surface area contributed by atoms with Crippen molar-refractivity contribution in [1.82, 2.24) is 0 Å². The zero-order valence-corrected chi connectivity index (χ0v) is 10.5. The highest BCUT2D eigenvalue weighted by molar-refractivity contribution is 5.80. The Morgan fingerprint density at radius 3 is 2.50 bits per heavy atom. The van der Waals surface area contributed by atoms with Gasteiger partial charge in [-0.05, 0) is 18.4 Å². The highest BCUT2D eigenvalue weighted by atomic mass is 16.6. The van der Waals surface area contributed by atoms with Crippen LogP contribution in [0.15, 0.2) is 18.2 Å². The molecular weight excluding hydrogens is 236 g/mol. The van der Waals surface area contributed by atoms with E-state index in [1.54, 1.807) is 32.9 Å². The van der Waals surface area contributed by atoms with Crippen molar-refractivity contribution in [3.63, 3.8) is 0 Å². The molecule has 1 unspecified atom stereocenters. The van der Waals surface area contributed by atoms with Gasteiger partial charge in [-0.15, -0.1) is 0 Å². The molecule has 0 aliphatic carbocycles. The van der Waals surface area contributed by atoms with Gasteiger partial charge in [-0.1, -0.05) is 26.0 Å². The van der Waals surface area contributed by atoms with Gasteiger partial charge in [0.05, 0.1) is 4.92 Å². The summed E-state index contributed by atoms with van der Waals surface area (Å²) in [4.78, 5) is 21.5. The Hall–Kier alpha value is -2.11. The molecule has 0 saturated heterocycles. The van der Waals surface area contributed by atoms with Gasteiger partial charge in [0.2, 0.25) is 0 Å². The van der Waals surface area contributed by atoms with Crippen LogP contribution in [0.5, 0.6) is 0 Å². The Labute approximate surface area is 105 Å². The van der Waals surface area contributed by atoms with Crippen molar-refractivity contribution in [2.24, 2.45) is 5.92 Å². The number of carboxylic acids is 1. The molecule has 1 rings (SSSR count). The summed E-state index contributed by atoms with van der Waals surface area (Å²) < 4.78 is 0. The van der Waals surface area contributed by atoms with E-state index in [-0.39, 0.29) is 17.3 Å². The first-order valence-corrected chi connectivity index (χ1v) is 5.58. The van der Waals surface area contributed by atoms with E-state index in [9.17, 15) is 14.9 Å². The summed E-state index contributed by atoms with van der Waals surface area (Å²) in [7, 11) is 0. The highest BCUT2D eigenvalue weighted by Crippen LogP contribution is 2.29. The molecule has 1 aromatic carbocycles. The van der Waals surface area contributed by atoms with E-state index in [4.69, 9.17) is 5.11 Å². The molecule has 0 spiro atoms. The smallest absolute Gasteiger partial charge is 0.326 e. The Morgan fingerprint density at radius 1 is 1.44 bits per heavy atom. The molecule has 0 fully saturated rings. The molecule has 1 aromatic rings. The van der Waals surface area contributed by atoms with E-state index < -0.39 is 16.9 Å². The standard InChI is InChI=1S/C12H16N2O4/c1-7(2)10(12(15)16)13-11-8(3)5-4-6-9(11)14(17)18/h4-7,10,13H,1-3H3,(H,15,16). The molecule has 0 amide bonds. The lowest BCUT2D eigenvalue weighted by Crippen LogP contribution is -2.34. The maximum absolute atomic E-state index is 11.1. The predicted molar refractivity (Wildman–Crippen MR) is 67.7 cm³/mol. The number of aliphatic carboxylic acids is 1. The largest absolute Gasteiger partial charge is 0.480 e. The zero-order valence-electron chi connectivity index (χ0n) is 10.5. The number of nitro groups is 1. The first kappa shape index (κ1) is 14.0. The lowest BCUT2D eigenvalue weighted by molar-refractivity contribution is -0.384. The average Bonchev–Trinajstić information content (AvgIpc) is 2.25. The molecule has 6 heteroatoms. The second-order valence-corrected chi connectivity index (χ2v) is 4.43. The number of aryl methyl sites for hydroxylation is 1. The minimum atomic E-state index is -1.03. The van der Waals surface area contributed by atoms with Crippen LogP contribution in [-0.2, 0) is 4.79 Å². The van der Waals surface area contributed by atoms with Gasteiger partial charge in [0.25, 0.3) is 5.69 Å². The number of rotatable bonds is 5. The van der Waals surface area contributed by atoms with Gasteiger partial charge in [-0.2, -0.15) is 0 Å². The topological polar surface area (TPSA) is 92.5 Å². The molecule has 6 nitrogen and oxygen atoms in total. The molecule has 0 radical (unpaired) electrons. The van der Waals surface area contributed by atoms with Gasteiger partial charge in [0.1, 0.15) is 11.7 Å². The van der Waals surface area contributed by atoms with Crippen LogP contribution in [0.4, 0.5) is 11.4 Å². The van der Waals surface area contributed by atoms with E-state index in [1.165, 1.54) is 6.07 Å². The van der Waals surface area contributed by atoms with Gasteiger partial charge in [0, 0.05) is 6.07 Å². The van der Waals surface area contributed by atoms with Crippen LogP contribution in [0.3, 0.4) is 0 Å². The van der Waals surface area contributed by atoms with Crippen molar-refractivity contribution in [3.8, 4) is 0 Å². The summed E-state index contributed by atoms with van der Waals surface area (Å²) in [6.07, 6.45) is 0. The molecule has 0 aromatic heterocycles. The quantitative estimate of drug-likeness (QED) is 0.620. The SMILES string of the molecule is Cc1cccc([N+](=O)[O-])c1NC(C(=O)O)C(C)C. The van der Waals surface area contributed by atoms with Crippen molar-refractivity contribution in [2.45, 2.75) is 26.8 Å². The van der Waals surface area contributed by atoms with Crippen LogP contribution in [0.25, 0.3) is 0 Å². The molecular formula is C12H16N2O4. The summed E-state index contributed by atoms with van der Waals surface area (Å²) in [6, 6.07) is 3.78. The zero-order chi connectivity index (χ0) is 13.9. The normalized spacial score (nSPS) is 12.2. The number of nitrogens with one attached hydrogen (secondary N) is 1. The van der Waals surface area contributed by atoms with Crippen LogP contribution in [0.2, 0.25) is 0 Å². The Morgan fingerprint density at radius 2 is 2.06 bits per heavy atom. The maximum atomic E-state index is 11.1. The van der Waals surface area contributed by atoms with E-state index in [2.05, 4.69) is 5.32 Å². The van der Waals surface area contributed by atoms with Gasteiger partial charge in [-0.25, -0.2) is 4.79 Å². The predicted octanol–water partition coefficient (Wildman–Crippen LogP) is 2.42. The first-order valence-electron chi connectivity index (χ1n) is 5.58. The average molecular weight is 252 g/mol. The number of hydrogen-bond donors (Lipinski definition) is 2. The second kappa shape index (κ2) is 5.48. The van der Waals surface area contributed by atoms with Crippen LogP contribution in [0, 0.1) is 23.0 Å². The highest BCUT2D eigenvalue weighted by Gasteiger charge is 2.25. The maximum Gasteiger partial charge on any atom is 0.326 e. The van der Waals surface area contributed by atoms with Crippen LogP contribution in [-0.4, -0.2) is 22.0 Å². The van der Waals surface area contributed by atoms with Crippen molar-refractivity contribution < 1.29 is 14.8 Å².